The van der Waals surface area contributed by atoms with Crippen molar-refractivity contribution < 1.29 is 57.8 Å². The summed E-state index contributed by atoms with van der Waals surface area (Å²) in [5.74, 6) is -4.14. The van der Waals surface area contributed by atoms with E-state index in [9.17, 15) is 43.8 Å². The zero-order chi connectivity index (χ0) is 59.0. The van der Waals surface area contributed by atoms with E-state index in [0.29, 0.717) is 35.8 Å². The number of nitrogens with zero attached hydrogens (tertiary/aromatic N) is 8. The average molecular weight is 1130 g/mol. The quantitative estimate of drug-likeness (QED) is 0.0616. The molecule has 23 heteroatoms. The Morgan fingerprint density at radius 3 is 1.60 bits per heavy atom. The third kappa shape index (κ3) is 16.5. The predicted molar refractivity (Wildman–Crippen MR) is 298 cm³/mol. The smallest absolute Gasteiger partial charge is 0.358 e. The van der Waals surface area contributed by atoms with Gasteiger partial charge in [0.2, 0.25) is 0 Å². The van der Waals surface area contributed by atoms with E-state index in [1.165, 1.54) is 0 Å². The summed E-state index contributed by atoms with van der Waals surface area (Å²) in [4.78, 5) is 101. The van der Waals surface area contributed by atoms with Gasteiger partial charge in [0.05, 0.1) is 40.0 Å². The molecule has 4 N–H and O–H groups in total. The molecule has 12 rings (SSSR count). The number of hydrogen-bond donors (Lipinski definition) is 4. The molecule has 6 amide bonds. The average Bonchev–Trinajstić information content (AvgIpc) is 3.85. The van der Waals surface area contributed by atoms with E-state index < -0.39 is 60.0 Å². The Morgan fingerprint density at radius 2 is 1.16 bits per heavy atom. The lowest BCUT2D eigenvalue weighted by molar-refractivity contribution is -0.904. The molecule has 0 spiro atoms. The molecule has 2 unspecified atom stereocenters. The lowest BCUT2D eigenvalue weighted by Gasteiger charge is -2.49. The minimum Gasteiger partial charge on any atom is -0.875 e. The zero-order valence-electron chi connectivity index (χ0n) is 46.8. The summed E-state index contributed by atoms with van der Waals surface area (Å²) in [7, 11) is 4.36. The number of nitrogens with one attached hydrogen (secondary N) is 4. The van der Waals surface area contributed by atoms with E-state index in [2.05, 4.69) is 62.6 Å². The van der Waals surface area contributed by atoms with Crippen LogP contribution in [-0.4, -0.2) is 129 Å². The van der Waals surface area contributed by atoms with Gasteiger partial charge in [0.15, 0.2) is 0 Å². The highest BCUT2D eigenvalue weighted by Crippen LogP contribution is 2.37. The van der Waals surface area contributed by atoms with Crippen molar-refractivity contribution in [2.24, 2.45) is 5.92 Å². The molecule has 3 aromatic carbocycles. The fraction of sp³-hybridized carbons (Fsp3) is 0.350. The first kappa shape index (κ1) is 59.9. The molecule has 0 saturated carbocycles. The Hall–Kier alpha value is -9.19. The molecule has 1 fully saturated rings. The lowest BCUT2D eigenvalue weighted by Crippen LogP contribution is -2.47. The maximum absolute atomic E-state index is 12.7. The van der Waals surface area contributed by atoms with Crippen LogP contribution in [0.2, 0.25) is 0 Å². The van der Waals surface area contributed by atoms with Crippen LogP contribution in [0.25, 0.3) is 5.57 Å². The predicted octanol–water partition coefficient (Wildman–Crippen LogP) is 2.75. The summed E-state index contributed by atoms with van der Waals surface area (Å²) >= 11 is 0. The summed E-state index contributed by atoms with van der Waals surface area (Å²) in [6, 6.07) is 31.5. The summed E-state index contributed by atoms with van der Waals surface area (Å²) in [6.45, 7) is 7.91. The minimum atomic E-state index is -1.01. The summed E-state index contributed by atoms with van der Waals surface area (Å²) < 4.78 is 8.13. The van der Waals surface area contributed by atoms with Gasteiger partial charge >= 0.3 is 5.97 Å². The van der Waals surface area contributed by atoms with Crippen molar-refractivity contribution in [3.05, 3.63) is 177 Å². The normalized spacial score (nSPS) is 16.8. The SMILES string of the molecule is CCCC[N+](C)(C)Cc1cn(CCN(CCOCC(=O)ON2C(=O)CCC2=O)c2ccc(C3=C([O-])C(C)C3[O-])cc2)nn1.O=C1NCc2ccc(cc2)CNC(=O)c2cccc(n2)C(=O)NCc2ccc(cc2)CNC(=O)c2cccc1n2. The highest BCUT2D eigenvalue weighted by molar-refractivity contribution is 6.01. The van der Waals surface area contributed by atoms with Crippen LogP contribution in [-0.2, 0) is 63.2 Å². The summed E-state index contributed by atoms with van der Waals surface area (Å²) in [5.41, 5.74) is 6.65. The fourth-order valence-corrected chi connectivity index (χ4v) is 9.19. The van der Waals surface area contributed by atoms with Gasteiger partial charge in [0.25, 0.3) is 35.4 Å². The van der Waals surface area contributed by atoms with Crippen LogP contribution in [0.4, 0.5) is 5.69 Å². The van der Waals surface area contributed by atoms with Crippen LogP contribution >= 0.6 is 0 Å². The number of carbonyl (C=O) groups is 7. The minimum absolute atomic E-state index is 0.0195. The molecular weight excluding hydrogens is 1060 g/mol. The number of imide groups is 1. The Kier molecular flexibility index (Phi) is 20.2. The first-order valence-electron chi connectivity index (χ1n) is 27.4. The van der Waals surface area contributed by atoms with Gasteiger partial charge in [-0.05, 0) is 76.6 Å². The number of hydroxylamine groups is 2. The van der Waals surface area contributed by atoms with Crippen molar-refractivity contribution in [2.75, 3.05) is 51.8 Å². The van der Waals surface area contributed by atoms with Crippen molar-refractivity contribution in [2.45, 2.75) is 84.9 Å². The Morgan fingerprint density at radius 1 is 0.687 bits per heavy atom. The molecule has 8 bridgehead atoms. The lowest BCUT2D eigenvalue weighted by atomic mass is 9.78. The monoisotopic (exact) mass is 1130 g/mol. The molecule has 434 valence electrons. The van der Waals surface area contributed by atoms with E-state index in [0.717, 1.165) is 64.0 Å². The van der Waals surface area contributed by atoms with Gasteiger partial charge in [-0.1, -0.05) is 110 Å². The van der Waals surface area contributed by atoms with Gasteiger partial charge in [0.1, 0.15) is 41.6 Å². The number of benzene rings is 3. The van der Waals surface area contributed by atoms with E-state index in [4.69, 9.17) is 9.57 Å². The number of unbranched alkanes of at least 4 members (excludes halogenated alkanes) is 1. The molecule has 8 heterocycles. The number of amides is 6. The molecule has 6 aromatic rings. The third-order valence-corrected chi connectivity index (χ3v) is 14.1. The molecule has 83 heavy (non-hydrogen) atoms. The zero-order valence-corrected chi connectivity index (χ0v) is 46.8. The first-order chi connectivity index (χ1) is 39.9. The highest BCUT2D eigenvalue weighted by Gasteiger charge is 2.33. The van der Waals surface area contributed by atoms with Gasteiger partial charge < -0.3 is 50.4 Å². The second-order valence-corrected chi connectivity index (χ2v) is 20.9. The van der Waals surface area contributed by atoms with Crippen LogP contribution < -0.4 is 36.4 Å². The van der Waals surface area contributed by atoms with E-state index in [-0.39, 0.29) is 74.2 Å². The van der Waals surface area contributed by atoms with Crippen LogP contribution in [0.5, 0.6) is 0 Å². The molecule has 1 aliphatic carbocycles. The van der Waals surface area contributed by atoms with Gasteiger partial charge in [-0.2, -0.15) is 0 Å². The van der Waals surface area contributed by atoms with Crippen LogP contribution in [0.1, 0.15) is 115 Å². The molecule has 6 aliphatic rings. The fourth-order valence-electron chi connectivity index (χ4n) is 9.19. The second-order valence-electron chi connectivity index (χ2n) is 20.9. The van der Waals surface area contributed by atoms with Crippen molar-refractivity contribution >= 4 is 52.7 Å². The number of carbonyl (C=O) groups excluding carboxylic acids is 7. The van der Waals surface area contributed by atoms with Crippen molar-refractivity contribution in [1.82, 2.24) is 51.3 Å². The number of ether oxygens (including phenoxy) is 1. The molecule has 5 aliphatic heterocycles. The van der Waals surface area contributed by atoms with E-state index >= 15 is 0 Å². The summed E-state index contributed by atoms with van der Waals surface area (Å²) in [5, 5.41) is 44.9. The van der Waals surface area contributed by atoms with E-state index in [1.807, 2.05) is 71.8 Å². The van der Waals surface area contributed by atoms with Crippen molar-refractivity contribution in [3.8, 4) is 0 Å². The van der Waals surface area contributed by atoms with Crippen LogP contribution in [0.3, 0.4) is 0 Å². The maximum Gasteiger partial charge on any atom is 0.358 e. The molecule has 1 saturated heterocycles. The van der Waals surface area contributed by atoms with Gasteiger partial charge in [0, 0.05) is 57.8 Å². The largest absolute Gasteiger partial charge is 0.875 e. The summed E-state index contributed by atoms with van der Waals surface area (Å²) in [6.07, 6.45) is 3.26. The van der Waals surface area contributed by atoms with Gasteiger partial charge in [-0.3, -0.25) is 33.4 Å². The maximum atomic E-state index is 12.7. The van der Waals surface area contributed by atoms with Crippen LogP contribution in [0, 0.1) is 5.92 Å². The molecular formula is C60H67N12O11-. The van der Waals surface area contributed by atoms with Crippen molar-refractivity contribution in [3.63, 3.8) is 0 Å². The highest BCUT2D eigenvalue weighted by atomic mass is 16.7. The molecule has 23 nitrogen and oxygen atoms in total. The number of rotatable bonds is 16. The second kappa shape index (κ2) is 28.0. The standard InChI is InChI=1S/C30H42N6O7.C30H26N6O4/c1-5-6-16-36(3,4)19-23-18-34(32-31-23)14-13-33(15-17-42-20-27(39)43-35-25(37)11-12-26(35)38)24-9-7-22(8-10-24)28-29(40)21(2)30(28)41;37-27-23-3-1-4-24(35-23)28(38)32-16-20-9-13-22(14-10-20)18-34-30(40)26-6-2-5-25(36-26)29(39)33-17-21-11-7-19(8-12-21)15-31-27/h7-10,18,21,29,41H,5-6,11-17,19-20H2,1-4H3;1-14H,15-18H2,(H,31,37)(H,32,38)(H,33,39)(H,34,40)/p-1. The Labute approximate surface area is 480 Å². The number of anilines is 1. The first-order valence-corrected chi connectivity index (χ1v) is 27.4. The van der Waals surface area contributed by atoms with Gasteiger partial charge in [-0.15, -0.1) is 15.9 Å². The Bertz CT molecular complexity index is 3090. The number of aromatic nitrogens is 5. The molecule has 2 atom stereocenters. The molecule has 0 radical (unpaired) electrons. The number of pyridine rings is 2. The van der Waals surface area contributed by atoms with Crippen LogP contribution in [0.15, 0.2) is 121 Å². The third-order valence-electron chi connectivity index (χ3n) is 14.1. The number of hydrogen-bond acceptors (Lipinski definition) is 16. The van der Waals surface area contributed by atoms with E-state index in [1.54, 1.807) is 60.1 Å². The number of quaternary nitrogens is 1. The topological polar surface area (TPSA) is 295 Å². The van der Waals surface area contributed by atoms with Gasteiger partial charge in [-0.25, -0.2) is 14.8 Å². The van der Waals surface area contributed by atoms with Crippen molar-refractivity contribution in [1.29, 1.82) is 0 Å². The Balaban J connectivity index is 0.000000217. The molecule has 3 aromatic heterocycles.